The largest absolute Gasteiger partial charge is 0.494 e. The molecule has 0 radical (unpaired) electrons. The molecule has 8 heteroatoms. The summed E-state index contributed by atoms with van der Waals surface area (Å²) in [6, 6.07) is 12.5. The Labute approximate surface area is 147 Å². The van der Waals surface area contributed by atoms with Crippen molar-refractivity contribution >= 4 is 28.2 Å². The molecule has 0 fully saturated rings. The highest BCUT2D eigenvalue weighted by Gasteiger charge is 2.10. The quantitative estimate of drug-likeness (QED) is 0.709. The van der Waals surface area contributed by atoms with E-state index in [4.69, 9.17) is 4.74 Å². The first kappa shape index (κ1) is 16.8. The predicted octanol–water partition coefficient (Wildman–Crippen LogP) is 4.39. The Morgan fingerprint density at radius 1 is 1.08 bits per heavy atom. The molecule has 0 atom stereocenters. The second kappa shape index (κ2) is 7.71. The van der Waals surface area contributed by atoms with Crippen LogP contribution < -0.4 is 15.4 Å². The molecule has 6 nitrogen and oxygen atoms in total. The van der Waals surface area contributed by atoms with Crippen LogP contribution in [-0.4, -0.2) is 22.8 Å². The number of hydrogen-bond acceptors (Lipinski definition) is 5. The number of benzene rings is 2. The predicted molar refractivity (Wildman–Crippen MR) is 95.6 cm³/mol. The number of anilines is 2. The average molecular weight is 358 g/mol. The first-order chi connectivity index (χ1) is 12.1. The van der Waals surface area contributed by atoms with Crippen LogP contribution in [0.2, 0.25) is 0 Å². The number of nitrogens with one attached hydrogen (secondary N) is 2. The van der Waals surface area contributed by atoms with Gasteiger partial charge in [0, 0.05) is 11.3 Å². The summed E-state index contributed by atoms with van der Waals surface area (Å²) in [5, 5.41) is 14.2. The fourth-order valence-corrected chi connectivity index (χ4v) is 2.79. The molecule has 1 aromatic heterocycles. The zero-order chi connectivity index (χ0) is 17.6. The van der Waals surface area contributed by atoms with Gasteiger partial charge in [-0.15, -0.1) is 10.2 Å². The molecule has 0 unspecified atom stereocenters. The molecule has 2 aromatic carbocycles. The SMILES string of the molecule is CCOc1ccc(NC(=O)Nc2nnc(-c3ccc(F)cc3)s2)cc1. The summed E-state index contributed by atoms with van der Waals surface area (Å²) in [5.74, 6) is 0.419. The van der Waals surface area contributed by atoms with Crippen LogP contribution in [0.4, 0.5) is 20.0 Å². The minimum absolute atomic E-state index is 0.318. The van der Waals surface area contributed by atoms with Gasteiger partial charge in [0.1, 0.15) is 16.6 Å². The Hall–Kier alpha value is -3.00. The van der Waals surface area contributed by atoms with Gasteiger partial charge < -0.3 is 10.1 Å². The molecule has 1 heterocycles. The summed E-state index contributed by atoms with van der Waals surface area (Å²) in [5.41, 5.74) is 1.36. The summed E-state index contributed by atoms with van der Waals surface area (Å²) < 4.78 is 18.3. The van der Waals surface area contributed by atoms with E-state index in [-0.39, 0.29) is 5.82 Å². The van der Waals surface area contributed by atoms with Crippen molar-refractivity contribution in [2.45, 2.75) is 6.92 Å². The fraction of sp³-hybridized carbons (Fsp3) is 0.118. The van der Waals surface area contributed by atoms with Crippen molar-refractivity contribution in [2.75, 3.05) is 17.2 Å². The van der Waals surface area contributed by atoms with Crippen LogP contribution in [-0.2, 0) is 0 Å². The van der Waals surface area contributed by atoms with Crippen LogP contribution in [0.15, 0.2) is 48.5 Å². The number of ether oxygens (including phenoxy) is 1. The molecular weight excluding hydrogens is 343 g/mol. The summed E-state index contributed by atoms with van der Waals surface area (Å²) in [6.45, 7) is 2.49. The van der Waals surface area contributed by atoms with E-state index in [2.05, 4.69) is 20.8 Å². The Morgan fingerprint density at radius 2 is 1.80 bits per heavy atom. The minimum atomic E-state index is -0.425. The summed E-state index contributed by atoms with van der Waals surface area (Å²) >= 11 is 1.20. The molecule has 0 spiro atoms. The second-order valence-electron chi connectivity index (χ2n) is 4.96. The number of aromatic nitrogens is 2. The van der Waals surface area contributed by atoms with Gasteiger partial charge in [-0.1, -0.05) is 11.3 Å². The molecule has 3 aromatic rings. The Bertz CT molecular complexity index is 850. The van der Waals surface area contributed by atoms with E-state index in [0.717, 1.165) is 11.3 Å². The maximum Gasteiger partial charge on any atom is 0.325 e. The zero-order valence-electron chi connectivity index (χ0n) is 13.3. The fourth-order valence-electron chi connectivity index (χ4n) is 2.04. The molecule has 0 aliphatic heterocycles. The van der Waals surface area contributed by atoms with Crippen molar-refractivity contribution < 1.29 is 13.9 Å². The zero-order valence-corrected chi connectivity index (χ0v) is 14.1. The topological polar surface area (TPSA) is 76.1 Å². The summed E-state index contributed by atoms with van der Waals surface area (Å²) in [7, 11) is 0. The van der Waals surface area contributed by atoms with Gasteiger partial charge in [-0.05, 0) is 55.5 Å². The van der Waals surface area contributed by atoms with E-state index in [9.17, 15) is 9.18 Å². The maximum absolute atomic E-state index is 12.9. The van der Waals surface area contributed by atoms with E-state index >= 15 is 0 Å². The number of urea groups is 1. The van der Waals surface area contributed by atoms with E-state index in [1.54, 1.807) is 36.4 Å². The molecule has 0 aliphatic carbocycles. The standard InChI is InChI=1S/C17H15FN4O2S/c1-2-24-14-9-7-13(8-10-14)19-16(23)20-17-22-21-15(25-17)11-3-5-12(18)6-4-11/h3-10H,2H2,1H3,(H2,19,20,22,23). The van der Waals surface area contributed by atoms with Gasteiger partial charge in [0.05, 0.1) is 6.61 Å². The third-order valence-electron chi connectivity index (χ3n) is 3.16. The lowest BCUT2D eigenvalue weighted by Crippen LogP contribution is -2.19. The molecule has 0 bridgehead atoms. The Morgan fingerprint density at radius 3 is 2.48 bits per heavy atom. The Balaban J connectivity index is 1.60. The number of carbonyl (C=O) groups excluding carboxylic acids is 1. The van der Waals surface area contributed by atoms with E-state index < -0.39 is 6.03 Å². The summed E-state index contributed by atoms with van der Waals surface area (Å²) in [4.78, 5) is 12.0. The molecular formula is C17H15FN4O2S. The molecule has 2 N–H and O–H groups in total. The van der Waals surface area contributed by atoms with E-state index in [0.29, 0.717) is 22.4 Å². The van der Waals surface area contributed by atoms with Crippen LogP contribution in [0.3, 0.4) is 0 Å². The van der Waals surface area contributed by atoms with Crippen molar-refractivity contribution in [2.24, 2.45) is 0 Å². The van der Waals surface area contributed by atoms with Crippen LogP contribution >= 0.6 is 11.3 Å². The highest BCUT2D eigenvalue weighted by molar-refractivity contribution is 7.18. The molecule has 3 rings (SSSR count). The molecule has 2 amide bonds. The third kappa shape index (κ3) is 4.51. The molecule has 0 aliphatic rings. The van der Waals surface area contributed by atoms with Crippen molar-refractivity contribution in [1.29, 1.82) is 0 Å². The van der Waals surface area contributed by atoms with Crippen LogP contribution in [0.5, 0.6) is 5.75 Å². The number of rotatable bonds is 5. The average Bonchev–Trinajstić information content (AvgIpc) is 3.06. The lowest BCUT2D eigenvalue weighted by Gasteiger charge is -2.06. The first-order valence-corrected chi connectivity index (χ1v) is 8.36. The van der Waals surface area contributed by atoms with Gasteiger partial charge in [-0.25, -0.2) is 9.18 Å². The number of carbonyl (C=O) groups is 1. The highest BCUT2D eigenvalue weighted by Crippen LogP contribution is 2.26. The van der Waals surface area contributed by atoms with Crippen molar-refractivity contribution in [1.82, 2.24) is 10.2 Å². The second-order valence-corrected chi connectivity index (χ2v) is 5.93. The molecule has 0 saturated carbocycles. The lowest BCUT2D eigenvalue weighted by molar-refractivity contribution is 0.262. The smallest absolute Gasteiger partial charge is 0.325 e. The van der Waals surface area contributed by atoms with E-state index in [1.165, 1.54) is 23.5 Å². The highest BCUT2D eigenvalue weighted by atomic mass is 32.1. The third-order valence-corrected chi connectivity index (χ3v) is 4.05. The van der Waals surface area contributed by atoms with Crippen molar-refractivity contribution in [3.8, 4) is 16.3 Å². The monoisotopic (exact) mass is 358 g/mol. The van der Waals surface area contributed by atoms with Gasteiger partial charge >= 0.3 is 6.03 Å². The van der Waals surface area contributed by atoms with Crippen LogP contribution in [0, 0.1) is 5.82 Å². The molecule has 128 valence electrons. The summed E-state index contributed by atoms with van der Waals surface area (Å²) in [6.07, 6.45) is 0. The maximum atomic E-state index is 12.9. The number of hydrogen-bond donors (Lipinski definition) is 2. The Kier molecular flexibility index (Phi) is 5.20. The van der Waals surface area contributed by atoms with Gasteiger partial charge in [-0.2, -0.15) is 0 Å². The normalized spacial score (nSPS) is 10.3. The number of nitrogens with zero attached hydrogens (tertiary/aromatic N) is 2. The first-order valence-electron chi connectivity index (χ1n) is 7.54. The van der Waals surface area contributed by atoms with Gasteiger partial charge in [0.15, 0.2) is 0 Å². The van der Waals surface area contributed by atoms with E-state index in [1.807, 2.05) is 6.92 Å². The minimum Gasteiger partial charge on any atom is -0.494 e. The van der Waals surface area contributed by atoms with Crippen LogP contribution in [0.1, 0.15) is 6.92 Å². The van der Waals surface area contributed by atoms with Crippen LogP contribution in [0.25, 0.3) is 10.6 Å². The molecule has 0 saturated heterocycles. The number of amides is 2. The lowest BCUT2D eigenvalue weighted by atomic mass is 10.2. The van der Waals surface area contributed by atoms with Crippen molar-refractivity contribution in [3.05, 3.63) is 54.3 Å². The number of halogens is 1. The van der Waals surface area contributed by atoms with Gasteiger partial charge in [0.25, 0.3) is 0 Å². The van der Waals surface area contributed by atoms with Gasteiger partial charge in [-0.3, -0.25) is 5.32 Å². The van der Waals surface area contributed by atoms with Crippen molar-refractivity contribution in [3.63, 3.8) is 0 Å². The van der Waals surface area contributed by atoms with Gasteiger partial charge in [0.2, 0.25) is 5.13 Å². The molecule has 25 heavy (non-hydrogen) atoms.